The largest absolute Gasteiger partial charge is 0.387 e. The first-order valence-electron chi connectivity index (χ1n) is 5.48. The van der Waals surface area contributed by atoms with Gasteiger partial charge in [-0.1, -0.05) is 13.0 Å². The van der Waals surface area contributed by atoms with Crippen LogP contribution in [-0.2, 0) is 12.8 Å². The number of aryl methyl sites for hydroxylation is 2. The van der Waals surface area contributed by atoms with Crippen LogP contribution >= 0.6 is 0 Å². The number of pyridine rings is 1. The second-order valence-electron chi connectivity index (χ2n) is 3.97. The molecule has 0 radical (unpaired) electrons. The van der Waals surface area contributed by atoms with Gasteiger partial charge in [0.05, 0.1) is 11.8 Å². The van der Waals surface area contributed by atoms with Gasteiger partial charge < -0.3 is 5.11 Å². The molecule has 0 bridgehead atoms. The van der Waals surface area contributed by atoms with Crippen LogP contribution in [0.5, 0.6) is 0 Å². The molecule has 1 aliphatic carbocycles. The Morgan fingerprint density at radius 1 is 1.36 bits per heavy atom. The first kappa shape index (κ1) is 9.66. The van der Waals surface area contributed by atoms with Crippen molar-refractivity contribution in [2.45, 2.75) is 45.1 Å². The summed E-state index contributed by atoms with van der Waals surface area (Å²) in [5.41, 5.74) is 3.43. The van der Waals surface area contributed by atoms with E-state index in [-0.39, 0.29) is 6.10 Å². The maximum atomic E-state index is 9.67. The minimum Gasteiger partial charge on any atom is -0.387 e. The molecule has 0 saturated carbocycles. The summed E-state index contributed by atoms with van der Waals surface area (Å²) in [4.78, 5) is 4.53. The molecule has 1 aliphatic rings. The van der Waals surface area contributed by atoms with Gasteiger partial charge in [-0.15, -0.1) is 0 Å². The third-order valence-electron chi connectivity index (χ3n) is 2.93. The first-order valence-corrected chi connectivity index (χ1v) is 5.48. The van der Waals surface area contributed by atoms with Gasteiger partial charge in [-0.25, -0.2) is 0 Å². The molecule has 0 fully saturated rings. The Morgan fingerprint density at radius 2 is 2.14 bits per heavy atom. The molecular formula is C12H17NO. The Labute approximate surface area is 85.0 Å². The summed E-state index contributed by atoms with van der Waals surface area (Å²) in [6, 6.07) is 4.11. The topological polar surface area (TPSA) is 33.1 Å². The van der Waals surface area contributed by atoms with Crippen LogP contribution in [-0.4, -0.2) is 10.1 Å². The minimum absolute atomic E-state index is 0.387. The maximum Gasteiger partial charge on any atom is 0.0957 e. The third kappa shape index (κ3) is 1.80. The number of aliphatic hydroxyl groups excluding tert-OH is 1. The summed E-state index contributed by atoms with van der Waals surface area (Å²) in [6.07, 6.45) is 5.12. The zero-order chi connectivity index (χ0) is 9.97. The molecule has 1 N–H and O–H groups in total. The van der Waals surface area contributed by atoms with E-state index in [1.54, 1.807) is 0 Å². The van der Waals surface area contributed by atoms with E-state index < -0.39 is 0 Å². The van der Waals surface area contributed by atoms with Crippen molar-refractivity contribution in [1.82, 2.24) is 4.98 Å². The third-order valence-corrected chi connectivity index (χ3v) is 2.93. The van der Waals surface area contributed by atoms with Crippen molar-refractivity contribution in [3.05, 3.63) is 29.1 Å². The van der Waals surface area contributed by atoms with Crippen LogP contribution in [0.25, 0.3) is 0 Å². The zero-order valence-corrected chi connectivity index (χ0v) is 8.66. The van der Waals surface area contributed by atoms with Crippen molar-refractivity contribution in [2.75, 3.05) is 0 Å². The number of rotatable bonds is 2. The van der Waals surface area contributed by atoms with Crippen LogP contribution in [0.1, 0.15) is 49.2 Å². The van der Waals surface area contributed by atoms with Crippen LogP contribution in [0.3, 0.4) is 0 Å². The summed E-state index contributed by atoms with van der Waals surface area (Å²) >= 11 is 0. The standard InChI is InChI=1S/C12H17NO/c1-2-12(14)11-8-7-9-5-3-4-6-10(9)13-11/h7-8,12,14H,2-6H2,1H3/t12-/m1/s1. The Bertz CT molecular complexity index is 322. The molecule has 2 nitrogen and oxygen atoms in total. The summed E-state index contributed by atoms with van der Waals surface area (Å²) in [5, 5.41) is 9.67. The Balaban J connectivity index is 2.29. The van der Waals surface area contributed by atoms with Crippen LogP contribution in [0, 0.1) is 0 Å². The van der Waals surface area contributed by atoms with E-state index in [1.165, 1.54) is 24.1 Å². The summed E-state index contributed by atoms with van der Waals surface area (Å²) < 4.78 is 0. The fourth-order valence-corrected chi connectivity index (χ4v) is 1.99. The van der Waals surface area contributed by atoms with Crippen molar-refractivity contribution in [3.8, 4) is 0 Å². The van der Waals surface area contributed by atoms with Gasteiger partial charge >= 0.3 is 0 Å². The van der Waals surface area contributed by atoms with Crippen LogP contribution in [0.2, 0.25) is 0 Å². The lowest BCUT2D eigenvalue weighted by Gasteiger charge is -2.16. The van der Waals surface area contributed by atoms with Gasteiger partial charge in [-0.2, -0.15) is 0 Å². The lowest BCUT2D eigenvalue weighted by atomic mass is 9.95. The predicted octanol–water partition coefficient (Wildman–Crippen LogP) is 2.40. The highest BCUT2D eigenvalue weighted by molar-refractivity contribution is 5.26. The van der Waals surface area contributed by atoms with E-state index in [0.717, 1.165) is 25.0 Å². The van der Waals surface area contributed by atoms with E-state index in [2.05, 4.69) is 11.1 Å². The van der Waals surface area contributed by atoms with Crippen molar-refractivity contribution in [2.24, 2.45) is 0 Å². The smallest absolute Gasteiger partial charge is 0.0957 e. The molecule has 1 heterocycles. The number of hydrogen-bond donors (Lipinski definition) is 1. The molecule has 1 aromatic rings. The summed E-state index contributed by atoms with van der Waals surface area (Å²) in [5.74, 6) is 0. The number of aromatic nitrogens is 1. The van der Waals surface area contributed by atoms with E-state index in [0.29, 0.717) is 0 Å². The highest BCUT2D eigenvalue weighted by atomic mass is 16.3. The molecule has 2 rings (SSSR count). The average molecular weight is 191 g/mol. The molecule has 76 valence electrons. The molecule has 0 amide bonds. The number of nitrogens with zero attached hydrogens (tertiary/aromatic N) is 1. The molecule has 0 saturated heterocycles. The molecular weight excluding hydrogens is 174 g/mol. The number of aliphatic hydroxyl groups is 1. The Morgan fingerprint density at radius 3 is 2.93 bits per heavy atom. The zero-order valence-electron chi connectivity index (χ0n) is 8.66. The fraction of sp³-hybridized carbons (Fsp3) is 0.583. The van der Waals surface area contributed by atoms with Crippen molar-refractivity contribution >= 4 is 0 Å². The van der Waals surface area contributed by atoms with Crippen LogP contribution in [0.4, 0.5) is 0 Å². The molecule has 0 aliphatic heterocycles. The van der Waals surface area contributed by atoms with Crippen molar-refractivity contribution < 1.29 is 5.11 Å². The monoisotopic (exact) mass is 191 g/mol. The van der Waals surface area contributed by atoms with E-state index >= 15 is 0 Å². The van der Waals surface area contributed by atoms with Gasteiger partial charge in [0.1, 0.15) is 0 Å². The number of fused-ring (bicyclic) bond motifs is 1. The lowest BCUT2D eigenvalue weighted by molar-refractivity contribution is 0.168. The average Bonchev–Trinajstić information content (AvgIpc) is 2.27. The van der Waals surface area contributed by atoms with E-state index in [4.69, 9.17) is 0 Å². The first-order chi connectivity index (χ1) is 6.81. The minimum atomic E-state index is -0.387. The second-order valence-corrected chi connectivity index (χ2v) is 3.97. The van der Waals surface area contributed by atoms with Crippen molar-refractivity contribution in [1.29, 1.82) is 0 Å². The van der Waals surface area contributed by atoms with Gasteiger partial charge in [0.25, 0.3) is 0 Å². The molecule has 0 spiro atoms. The van der Waals surface area contributed by atoms with Crippen LogP contribution in [0.15, 0.2) is 12.1 Å². The molecule has 2 heteroatoms. The van der Waals surface area contributed by atoms with E-state index in [9.17, 15) is 5.11 Å². The molecule has 1 aromatic heterocycles. The van der Waals surface area contributed by atoms with Crippen LogP contribution < -0.4 is 0 Å². The van der Waals surface area contributed by atoms with E-state index in [1.807, 2.05) is 13.0 Å². The summed E-state index contributed by atoms with van der Waals surface area (Å²) in [6.45, 7) is 1.98. The predicted molar refractivity (Wildman–Crippen MR) is 56.1 cm³/mol. The van der Waals surface area contributed by atoms with Crippen molar-refractivity contribution in [3.63, 3.8) is 0 Å². The second kappa shape index (κ2) is 4.09. The normalized spacial score (nSPS) is 17.6. The maximum absolute atomic E-state index is 9.67. The van der Waals surface area contributed by atoms with Gasteiger partial charge in [0.2, 0.25) is 0 Å². The molecule has 1 atom stereocenters. The van der Waals surface area contributed by atoms with Gasteiger partial charge in [-0.3, -0.25) is 4.98 Å². The lowest BCUT2D eigenvalue weighted by Crippen LogP contribution is -2.08. The Kier molecular flexibility index (Phi) is 2.82. The van der Waals surface area contributed by atoms with Gasteiger partial charge in [0.15, 0.2) is 0 Å². The Hall–Kier alpha value is -0.890. The fourth-order valence-electron chi connectivity index (χ4n) is 1.99. The highest BCUT2D eigenvalue weighted by Gasteiger charge is 2.13. The highest BCUT2D eigenvalue weighted by Crippen LogP contribution is 2.22. The number of hydrogen-bond acceptors (Lipinski definition) is 2. The molecule has 14 heavy (non-hydrogen) atoms. The van der Waals surface area contributed by atoms with Gasteiger partial charge in [-0.05, 0) is 43.7 Å². The summed E-state index contributed by atoms with van der Waals surface area (Å²) in [7, 11) is 0. The van der Waals surface area contributed by atoms with Gasteiger partial charge in [0, 0.05) is 5.69 Å². The SMILES string of the molecule is CC[C@@H](O)c1ccc2c(n1)CCCC2. The quantitative estimate of drug-likeness (QED) is 0.778. The molecule has 0 aromatic carbocycles. The molecule has 0 unspecified atom stereocenters.